The van der Waals surface area contributed by atoms with Gasteiger partial charge in [0.2, 0.25) is 0 Å². The number of ether oxygens (including phenoxy) is 1. The van der Waals surface area contributed by atoms with E-state index in [0.717, 1.165) is 0 Å². The number of benzene rings is 1. The third-order valence-corrected chi connectivity index (χ3v) is 2.55. The van der Waals surface area contributed by atoms with Crippen molar-refractivity contribution in [2.75, 3.05) is 31.2 Å². The van der Waals surface area contributed by atoms with E-state index in [1.54, 1.807) is 0 Å². The van der Waals surface area contributed by atoms with Gasteiger partial charge < -0.3 is 9.64 Å². The predicted octanol–water partition coefficient (Wildman–Crippen LogP) is 1.78. The SMILES string of the molecule is C#Cc1c(F)cc(N2CCOCC2)cc1F. The quantitative estimate of drug-likeness (QED) is 0.673. The fraction of sp³-hybridized carbons (Fsp3) is 0.333. The molecular weight excluding hydrogens is 212 g/mol. The van der Waals surface area contributed by atoms with E-state index in [9.17, 15) is 8.78 Å². The van der Waals surface area contributed by atoms with Crippen LogP contribution in [0.15, 0.2) is 12.1 Å². The Bertz CT molecular complexity index is 410. The third kappa shape index (κ3) is 2.00. The summed E-state index contributed by atoms with van der Waals surface area (Å²) >= 11 is 0. The van der Waals surface area contributed by atoms with Gasteiger partial charge >= 0.3 is 0 Å². The van der Waals surface area contributed by atoms with Crippen LogP contribution < -0.4 is 4.90 Å². The highest BCUT2D eigenvalue weighted by molar-refractivity contribution is 5.52. The lowest BCUT2D eigenvalue weighted by Crippen LogP contribution is -2.36. The first-order chi connectivity index (χ1) is 7.72. The van der Waals surface area contributed by atoms with Crippen LogP contribution in [0.4, 0.5) is 14.5 Å². The molecule has 0 amide bonds. The second kappa shape index (κ2) is 4.50. The highest BCUT2D eigenvalue weighted by Crippen LogP contribution is 2.22. The first kappa shape index (κ1) is 10.9. The summed E-state index contributed by atoms with van der Waals surface area (Å²) in [5.74, 6) is 0.619. The van der Waals surface area contributed by atoms with Gasteiger partial charge in [0, 0.05) is 18.8 Å². The first-order valence-electron chi connectivity index (χ1n) is 5.00. The van der Waals surface area contributed by atoms with Crippen LogP contribution in [0, 0.1) is 24.0 Å². The van der Waals surface area contributed by atoms with E-state index in [1.807, 2.05) is 10.8 Å². The Morgan fingerprint density at radius 2 is 1.75 bits per heavy atom. The minimum absolute atomic E-state index is 0.308. The summed E-state index contributed by atoms with van der Waals surface area (Å²) in [4.78, 5) is 1.87. The van der Waals surface area contributed by atoms with Crippen molar-refractivity contribution in [1.82, 2.24) is 0 Å². The minimum Gasteiger partial charge on any atom is -0.378 e. The summed E-state index contributed by atoms with van der Waals surface area (Å²) < 4.78 is 32.0. The van der Waals surface area contributed by atoms with Crippen LogP contribution in [-0.4, -0.2) is 26.3 Å². The van der Waals surface area contributed by atoms with Crippen molar-refractivity contribution in [3.63, 3.8) is 0 Å². The molecule has 0 aliphatic carbocycles. The molecule has 2 rings (SSSR count). The van der Waals surface area contributed by atoms with Crippen molar-refractivity contribution in [2.45, 2.75) is 0 Å². The normalized spacial score (nSPS) is 15.9. The smallest absolute Gasteiger partial charge is 0.143 e. The summed E-state index contributed by atoms with van der Waals surface area (Å²) in [6, 6.07) is 2.53. The molecule has 0 bridgehead atoms. The molecule has 16 heavy (non-hydrogen) atoms. The van der Waals surface area contributed by atoms with Gasteiger partial charge in [-0.25, -0.2) is 8.78 Å². The van der Waals surface area contributed by atoms with E-state index >= 15 is 0 Å². The van der Waals surface area contributed by atoms with Crippen LogP contribution in [-0.2, 0) is 4.74 Å². The molecule has 0 N–H and O–H groups in total. The second-order valence-corrected chi connectivity index (χ2v) is 3.53. The summed E-state index contributed by atoms with van der Waals surface area (Å²) in [5, 5.41) is 0. The number of halogens is 2. The summed E-state index contributed by atoms with van der Waals surface area (Å²) in [6.07, 6.45) is 5.02. The van der Waals surface area contributed by atoms with Crippen molar-refractivity contribution in [3.8, 4) is 12.3 Å². The Kier molecular flexibility index (Phi) is 3.07. The lowest BCUT2D eigenvalue weighted by Gasteiger charge is -2.29. The zero-order valence-corrected chi connectivity index (χ0v) is 8.67. The Balaban J connectivity index is 2.32. The van der Waals surface area contributed by atoms with E-state index in [-0.39, 0.29) is 5.56 Å². The molecule has 1 saturated heterocycles. The monoisotopic (exact) mass is 223 g/mol. The molecule has 1 heterocycles. The van der Waals surface area contributed by atoms with Gasteiger partial charge in [0.1, 0.15) is 11.6 Å². The second-order valence-electron chi connectivity index (χ2n) is 3.53. The van der Waals surface area contributed by atoms with Gasteiger partial charge in [-0.15, -0.1) is 6.42 Å². The summed E-state index contributed by atoms with van der Waals surface area (Å²) in [5.41, 5.74) is 0.203. The number of hydrogen-bond acceptors (Lipinski definition) is 2. The molecule has 0 saturated carbocycles. The third-order valence-electron chi connectivity index (χ3n) is 2.55. The zero-order chi connectivity index (χ0) is 11.5. The molecule has 1 aromatic rings. The van der Waals surface area contributed by atoms with Crippen molar-refractivity contribution in [1.29, 1.82) is 0 Å². The Morgan fingerprint density at radius 1 is 1.19 bits per heavy atom. The van der Waals surface area contributed by atoms with Gasteiger partial charge in [-0.2, -0.15) is 0 Å². The fourth-order valence-corrected chi connectivity index (χ4v) is 1.70. The molecule has 0 aromatic heterocycles. The Labute approximate surface area is 92.8 Å². The van der Waals surface area contributed by atoms with Crippen LogP contribution in [0.3, 0.4) is 0 Å². The minimum atomic E-state index is -0.691. The Hall–Kier alpha value is -1.60. The molecule has 2 nitrogen and oxygen atoms in total. The topological polar surface area (TPSA) is 12.5 Å². The molecule has 1 fully saturated rings. The number of nitrogens with zero attached hydrogens (tertiary/aromatic N) is 1. The first-order valence-corrected chi connectivity index (χ1v) is 5.00. The summed E-state index contributed by atoms with van der Waals surface area (Å²) in [7, 11) is 0. The zero-order valence-electron chi connectivity index (χ0n) is 8.67. The van der Waals surface area contributed by atoms with Crippen molar-refractivity contribution < 1.29 is 13.5 Å². The van der Waals surface area contributed by atoms with E-state index in [1.165, 1.54) is 12.1 Å². The van der Waals surface area contributed by atoms with E-state index in [2.05, 4.69) is 0 Å². The molecule has 1 aromatic carbocycles. The molecule has 0 spiro atoms. The van der Waals surface area contributed by atoms with Gasteiger partial charge in [-0.05, 0) is 12.1 Å². The van der Waals surface area contributed by atoms with Gasteiger partial charge in [-0.1, -0.05) is 5.92 Å². The van der Waals surface area contributed by atoms with E-state index in [0.29, 0.717) is 32.0 Å². The predicted molar refractivity (Wildman–Crippen MR) is 57.3 cm³/mol. The Morgan fingerprint density at radius 3 is 2.25 bits per heavy atom. The van der Waals surface area contributed by atoms with Crippen LogP contribution in [0.2, 0.25) is 0 Å². The van der Waals surface area contributed by atoms with E-state index in [4.69, 9.17) is 11.2 Å². The van der Waals surface area contributed by atoms with Crippen molar-refractivity contribution >= 4 is 5.69 Å². The molecular formula is C12H11F2NO. The number of anilines is 1. The number of morpholine rings is 1. The lowest BCUT2D eigenvalue weighted by molar-refractivity contribution is 0.122. The van der Waals surface area contributed by atoms with Crippen molar-refractivity contribution in [2.24, 2.45) is 0 Å². The van der Waals surface area contributed by atoms with Gasteiger partial charge in [0.25, 0.3) is 0 Å². The summed E-state index contributed by atoms with van der Waals surface area (Å²) in [6.45, 7) is 2.41. The van der Waals surface area contributed by atoms with Gasteiger partial charge in [0.05, 0.1) is 18.8 Å². The number of terminal acetylenes is 1. The van der Waals surface area contributed by atoms with Crippen molar-refractivity contribution in [3.05, 3.63) is 29.3 Å². The number of rotatable bonds is 1. The van der Waals surface area contributed by atoms with Gasteiger partial charge in [-0.3, -0.25) is 0 Å². The molecule has 84 valence electrons. The lowest BCUT2D eigenvalue weighted by atomic mass is 10.1. The molecule has 0 unspecified atom stereocenters. The maximum absolute atomic E-state index is 13.4. The van der Waals surface area contributed by atoms with Crippen LogP contribution in [0.1, 0.15) is 5.56 Å². The van der Waals surface area contributed by atoms with E-state index < -0.39 is 11.6 Å². The van der Waals surface area contributed by atoms with Gasteiger partial charge in [0.15, 0.2) is 0 Å². The molecule has 4 heteroatoms. The van der Waals surface area contributed by atoms with Crippen LogP contribution in [0.5, 0.6) is 0 Å². The van der Waals surface area contributed by atoms with Crippen LogP contribution >= 0.6 is 0 Å². The number of hydrogen-bond donors (Lipinski definition) is 0. The largest absolute Gasteiger partial charge is 0.378 e. The molecule has 0 atom stereocenters. The average Bonchev–Trinajstić information content (AvgIpc) is 2.30. The highest BCUT2D eigenvalue weighted by atomic mass is 19.1. The molecule has 1 aliphatic heterocycles. The maximum Gasteiger partial charge on any atom is 0.143 e. The molecule has 0 radical (unpaired) electrons. The highest BCUT2D eigenvalue weighted by Gasteiger charge is 2.15. The standard InChI is InChI=1S/C12H11F2NO/c1-2-10-11(13)7-9(8-12(10)14)15-3-5-16-6-4-15/h1,7-8H,3-6H2. The average molecular weight is 223 g/mol. The molecule has 1 aliphatic rings. The fourth-order valence-electron chi connectivity index (χ4n) is 1.70. The maximum atomic E-state index is 13.4. The van der Waals surface area contributed by atoms with Crippen LogP contribution in [0.25, 0.3) is 0 Å².